The Hall–Kier alpha value is -2.79. The molecule has 0 aromatic heterocycles. The summed E-state index contributed by atoms with van der Waals surface area (Å²) in [4.78, 5) is 15.1. The van der Waals surface area contributed by atoms with E-state index >= 15 is 0 Å². The lowest BCUT2D eigenvalue weighted by Crippen LogP contribution is -2.41. The molecule has 0 aliphatic heterocycles. The molecule has 188 valence electrons. The number of hydrogen-bond donors (Lipinski definition) is 1. The zero-order chi connectivity index (χ0) is 26.1. The smallest absolute Gasteiger partial charge is 0.367 e. The van der Waals surface area contributed by atoms with Crippen LogP contribution < -0.4 is 5.73 Å². The van der Waals surface area contributed by atoms with E-state index in [1.54, 1.807) is 13.8 Å². The number of ether oxygens (including phenoxy) is 1. The molecule has 35 heavy (non-hydrogen) atoms. The van der Waals surface area contributed by atoms with Crippen molar-refractivity contribution >= 4 is 27.0 Å². The lowest BCUT2D eigenvalue weighted by atomic mass is 10.1. The minimum atomic E-state index is -5.85. The Balaban J connectivity index is 0.000000252. The maximum absolute atomic E-state index is 12.5. The molecule has 0 saturated carbocycles. The Morgan fingerprint density at radius 2 is 1.23 bits per heavy atom. The fourth-order valence-electron chi connectivity index (χ4n) is 2.67. The first kappa shape index (κ1) is 28.4. The quantitative estimate of drug-likeness (QED) is 0.266. The molecule has 0 bridgehead atoms. The lowest BCUT2D eigenvalue weighted by Gasteiger charge is -2.21. The van der Waals surface area contributed by atoms with Crippen molar-refractivity contribution in [3.63, 3.8) is 0 Å². The normalized spacial score (nSPS) is 12.6. The molecule has 0 fully saturated rings. The molecule has 0 aliphatic rings. The van der Waals surface area contributed by atoms with Crippen LogP contribution >= 0.6 is 0 Å². The number of carbonyl (C=O) groups is 1. The van der Waals surface area contributed by atoms with E-state index in [9.17, 15) is 26.5 Å². The van der Waals surface area contributed by atoms with E-state index in [0.717, 1.165) is 0 Å². The Bertz CT molecular complexity index is 1070. The summed E-state index contributed by atoms with van der Waals surface area (Å²) in [5, 5.41) is -4.64. The first-order valence-electron chi connectivity index (χ1n) is 10.6. The second-order valence-corrected chi connectivity index (χ2v) is 11.2. The van der Waals surface area contributed by atoms with Crippen LogP contribution in [0.1, 0.15) is 13.8 Å². The van der Waals surface area contributed by atoms with Gasteiger partial charge in [0.2, 0.25) is 0 Å². The van der Waals surface area contributed by atoms with E-state index in [2.05, 4.69) is 95.7 Å². The van der Waals surface area contributed by atoms with Gasteiger partial charge in [0, 0.05) is 0 Å². The summed E-state index contributed by atoms with van der Waals surface area (Å²) in [6.45, 7) is 1.28. The molecule has 1 atom stereocenters. The van der Waals surface area contributed by atoms with Gasteiger partial charge in [-0.25, -0.2) is 8.42 Å². The summed E-state index contributed by atoms with van der Waals surface area (Å²) < 4.78 is 59.2. The first-order chi connectivity index (χ1) is 16.4. The van der Waals surface area contributed by atoms with Crippen molar-refractivity contribution < 1.29 is 31.3 Å². The van der Waals surface area contributed by atoms with Crippen molar-refractivity contribution in [3.05, 3.63) is 91.0 Å². The molecular formula is C25H27F2NO5S2. The van der Waals surface area contributed by atoms with E-state index in [-0.39, 0.29) is 16.8 Å². The third kappa shape index (κ3) is 8.43. The number of benzene rings is 3. The van der Waals surface area contributed by atoms with E-state index in [1.165, 1.54) is 14.7 Å². The molecular weight excluding hydrogens is 496 g/mol. The molecule has 3 aromatic rings. The Morgan fingerprint density at radius 3 is 1.51 bits per heavy atom. The maximum Gasteiger partial charge on any atom is 0.367 e. The summed E-state index contributed by atoms with van der Waals surface area (Å²) >= 11 is 0. The number of alkyl halides is 2. The first-order valence-corrected chi connectivity index (χ1v) is 13.2. The van der Waals surface area contributed by atoms with Crippen molar-refractivity contribution in [3.8, 4) is 0 Å². The van der Waals surface area contributed by atoms with Crippen LogP contribution in [0.2, 0.25) is 0 Å². The van der Waals surface area contributed by atoms with Gasteiger partial charge in [-0.3, -0.25) is 4.79 Å². The monoisotopic (exact) mass is 523 g/mol. The van der Waals surface area contributed by atoms with Crippen LogP contribution in [0.3, 0.4) is 0 Å². The van der Waals surface area contributed by atoms with Crippen LogP contribution in [-0.2, 0) is 30.5 Å². The summed E-state index contributed by atoms with van der Waals surface area (Å²) in [6.07, 6.45) is 0. The van der Waals surface area contributed by atoms with Crippen LogP contribution in [-0.4, -0.2) is 36.8 Å². The number of nitrogens with two attached hydrogens (primary N) is 1. The Morgan fingerprint density at radius 1 is 0.886 bits per heavy atom. The topological polar surface area (TPSA) is 110 Å². The van der Waals surface area contributed by atoms with E-state index in [4.69, 9.17) is 5.73 Å². The SMILES string of the molecule is CC(C)[C@H](N)C(=O)OCC(F)(F)S(=O)(=O)[O-].c1ccc([S+](c2ccccc2)c2ccccc2)cc1. The van der Waals surface area contributed by atoms with Crippen molar-refractivity contribution in [2.75, 3.05) is 6.61 Å². The van der Waals surface area contributed by atoms with Gasteiger partial charge in [-0.15, -0.1) is 0 Å². The van der Waals surface area contributed by atoms with Crippen LogP contribution in [0, 0.1) is 5.92 Å². The Kier molecular flexibility index (Phi) is 10.4. The minimum Gasteiger partial charge on any atom is -0.743 e. The average Bonchev–Trinajstić information content (AvgIpc) is 2.84. The molecule has 3 rings (SSSR count). The van der Waals surface area contributed by atoms with Crippen molar-refractivity contribution in [2.24, 2.45) is 11.7 Å². The third-order valence-corrected chi connectivity index (χ3v) is 7.76. The zero-order valence-electron chi connectivity index (χ0n) is 19.2. The minimum absolute atomic E-state index is 0.0146. The van der Waals surface area contributed by atoms with E-state index < -0.39 is 34.0 Å². The molecule has 0 heterocycles. The molecule has 0 radical (unpaired) electrons. The van der Waals surface area contributed by atoms with E-state index in [1.807, 2.05) is 0 Å². The van der Waals surface area contributed by atoms with Crippen LogP contribution in [0.5, 0.6) is 0 Å². The highest BCUT2D eigenvalue weighted by atomic mass is 32.2. The highest BCUT2D eigenvalue weighted by Crippen LogP contribution is 2.30. The largest absolute Gasteiger partial charge is 0.743 e. The van der Waals surface area contributed by atoms with Crippen LogP contribution in [0.25, 0.3) is 0 Å². The molecule has 0 saturated heterocycles. The summed E-state index contributed by atoms with van der Waals surface area (Å²) in [5.74, 6) is -1.54. The number of rotatable bonds is 8. The molecule has 0 aliphatic carbocycles. The highest BCUT2D eigenvalue weighted by Gasteiger charge is 2.40. The van der Waals surface area contributed by atoms with Gasteiger partial charge in [-0.05, 0) is 42.3 Å². The molecule has 0 unspecified atom stereocenters. The second kappa shape index (κ2) is 12.8. The third-order valence-electron chi connectivity index (χ3n) is 4.68. The second-order valence-electron chi connectivity index (χ2n) is 7.71. The van der Waals surface area contributed by atoms with Crippen LogP contribution in [0.15, 0.2) is 106 Å². The molecule has 10 heteroatoms. The van der Waals surface area contributed by atoms with Gasteiger partial charge < -0.3 is 15.0 Å². The maximum atomic E-state index is 12.5. The number of carbonyl (C=O) groups excluding carboxylic acids is 1. The number of halogens is 2. The average molecular weight is 524 g/mol. The van der Waals surface area contributed by atoms with Gasteiger partial charge in [0.15, 0.2) is 31.4 Å². The van der Waals surface area contributed by atoms with Gasteiger partial charge in [-0.1, -0.05) is 68.4 Å². The fourth-order valence-corrected chi connectivity index (χ4v) is 4.98. The molecule has 0 spiro atoms. The molecule has 0 amide bonds. The van der Waals surface area contributed by atoms with Crippen molar-refractivity contribution in [1.82, 2.24) is 0 Å². The van der Waals surface area contributed by atoms with Crippen LogP contribution in [0.4, 0.5) is 8.78 Å². The molecule has 3 aromatic carbocycles. The van der Waals surface area contributed by atoms with Gasteiger partial charge in [0.05, 0.1) is 10.9 Å². The molecule has 6 nitrogen and oxygen atoms in total. The summed E-state index contributed by atoms with van der Waals surface area (Å²) in [7, 11) is -5.86. The van der Waals surface area contributed by atoms with Gasteiger partial charge >= 0.3 is 11.2 Å². The number of hydrogen-bond acceptors (Lipinski definition) is 6. The lowest BCUT2D eigenvalue weighted by molar-refractivity contribution is -0.152. The molecule has 2 N–H and O–H groups in total. The standard InChI is InChI=1S/C18H15S.C7H13F2NO5S/c1-4-10-16(11-5-1)19(17-12-6-2-7-13-17)18-14-8-3-9-15-18;1-4(2)5(10)6(11)15-3-7(8,9)16(12,13)14/h1-15H;4-5H,3,10H2,1-2H3,(H,12,13,14)/q+1;/p-1/t;5-/m.0/s1. The fraction of sp³-hybridized carbons (Fsp3) is 0.240. The van der Waals surface area contributed by atoms with Gasteiger partial charge in [0.25, 0.3) is 0 Å². The summed E-state index contributed by atoms with van der Waals surface area (Å²) in [5.41, 5.74) is 5.25. The summed E-state index contributed by atoms with van der Waals surface area (Å²) in [6, 6.07) is 31.0. The van der Waals surface area contributed by atoms with Gasteiger partial charge in [-0.2, -0.15) is 8.78 Å². The van der Waals surface area contributed by atoms with Crippen molar-refractivity contribution in [2.45, 2.75) is 39.8 Å². The zero-order valence-corrected chi connectivity index (χ0v) is 20.8. The predicted molar refractivity (Wildman–Crippen MR) is 130 cm³/mol. The van der Waals surface area contributed by atoms with Crippen molar-refractivity contribution in [1.29, 1.82) is 0 Å². The van der Waals surface area contributed by atoms with Gasteiger partial charge in [0.1, 0.15) is 6.04 Å². The highest BCUT2D eigenvalue weighted by molar-refractivity contribution is 7.97. The van der Waals surface area contributed by atoms with E-state index in [0.29, 0.717) is 0 Å². The Labute approximate surface area is 207 Å². The predicted octanol–water partition coefficient (Wildman–Crippen LogP) is 4.43. The number of esters is 1.